The Morgan fingerprint density at radius 2 is 2.19 bits per heavy atom. The van der Waals surface area contributed by atoms with E-state index in [4.69, 9.17) is 0 Å². The Morgan fingerprint density at radius 1 is 1.38 bits per heavy atom. The van der Waals surface area contributed by atoms with Crippen LogP contribution in [0, 0.1) is 5.92 Å². The number of aromatic nitrogens is 1. The third-order valence-electron chi connectivity index (χ3n) is 3.51. The van der Waals surface area contributed by atoms with Gasteiger partial charge in [-0.1, -0.05) is 26.2 Å². The molecule has 1 fully saturated rings. The van der Waals surface area contributed by atoms with Gasteiger partial charge in [0.1, 0.15) is 4.60 Å². The minimum Gasteiger partial charge on any atom is -0.381 e. The van der Waals surface area contributed by atoms with Gasteiger partial charge < -0.3 is 5.32 Å². The van der Waals surface area contributed by atoms with Crippen molar-refractivity contribution in [3.05, 3.63) is 22.9 Å². The molecule has 1 heterocycles. The molecule has 16 heavy (non-hydrogen) atoms. The monoisotopic (exact) mass is 282 g/mol. The van der Waals surface area contributed by atoms with Crippen molar-refractivity contribution in [3.63, 3.8) is 0 Å². The summed E-state index contributed by atoms with van der Waals surface area (Å²) < 4.78 is 0.897. The van der Waals surface area contributed by atoms with Gasteiger partial charge in [-0.3, -0.25) is 0 Å². The van der Waals surface area contributed by atoms with E-state index in [0.29, 0.717) is 6.04 Å². The summed E-state index contributed by atoms with van der Waals surface area (Å²) >= 11 is 3.36. The molecule has 88 valence electrons. The Balaban J connectivity index is 1.99. The second-order valence-electron chi connectivity index (χ2n) is 4.57. The van der Waals surface area contributed by atoms with E-state index in [1.807, 2.05) is 12.3 Å². The summed E-state index contributed by atoms with van der Waals surface area (Å²) in [5.74, 6) is 0.831. The summed E-state index contributed by atoms with van der Waals surface area (Å²) in [5.41, 5.74) is 1.15. The zero-order valence-electron chi connectivity index (χ0n) is 9.75. The molecular weight excluding hydrogens is 264 g/mol. The quantitative estimate of drug-likeness (QED) is 0.840. The first kappa shape index (κ1) is 11.9. The van der Waals surface area contributed by atoms with Gasteiger partial charge >= 0.3 is 0 Å². The molecule has 0 spiro atoms. The topological polar surface area (TPSA) is 24.9 Å². The first-order valence-corrected chi connectivity index (χ1v) is 6.97. The van der Waals surface area contributed by atoms with Crippen molar-refractivity contribution in [3.8, 4) is 0 Å². The smallest absolute Gasteiger partial charge is 0.106 e. The highest BCUT2D eigenvalue weighted by Crippen LogP contribution is 2.29. The van der Waals surface area contributed by atoms with E-state index in [2.05, 4.69) is 39.2 Å². The maximum Gasteiger partial charge on any atom is 0.106 e. The fourth-order valence-corrected chi connectivity index (χ4v) is 2.80. The predicted molar refractivity (Wildman–Crippen MR) is 71.6 cm³/mol. The van der Waals surface area contributed by atoms with E-state index >= 15 is 0 Å². The summed E-state index contributed by atoms with van der Waals surface area (Å²) in [5, 5.41) is 3.63. The van der Waals surface area contributed by atoms with Crippen molar-refractivity contribution in [2.45, 2.75) is 45.1 Å². The lowest BCUT2D eigenvalue weighted by Crippen LogP contribution is -2.31. The number of nitrogens with one attached hydrogen (secondary N) is 1. The van der Waals surface area contributed by atoms with E-state index < -0.39 is 0 Å². The molecule has 1 saturated carbocycles. The maximum absolute atomic E-state index is 4.25. The van der Waals surface area contributed by atoms with Crippen molar-refractivity contribution in [2.24, 2.45) is 5.92 Å². The van der Waals surface area contributed by atoms with Crippen molar-refractivity contribution < 1.29 is 0 Å². The van der Waals surface area contributed by atoms with Gasteiger partial charge in [-0.25, -0.2) is 4.98 Å². The average molecular weight is 283 g/mol. The van der Waals surface area contributed by atoms with Crippen LogP contribution in [0.3, 0.4) is 0 Å². The number of nitrogens with zero attached hydrogens (tertiary/aromatic N) is 1. The van der Waals surface area contributed by atoms with Gasteiger partial charge in [-0.05, 0) is 46.8 Å². The van der Waals surface area contributed by atoms with Gasteiger partial charge in [0.05, 0.1) is 11.9 Å². The summed E-state index contributed by atoms with van der Waals surface area (Å²) in [6.45, 7) is 2.30. The molecule has 0 saturated heterocycles. The van der Waals surface area contributed by atoms with Crippen molar-refractivity contribution in [1.29, 1.82) is 0 Å². The lowest BCUT2D eigenvalue weighted by Gasteiger charge is -2.32. The molecule has 0 radical (unpaired) electrons. The van der Waals surface area contributed by atoms with Crippen LogP contribution in [0.25, 0.3) is 0 Å². The van der Waals surface area contributed by atoms with Gasteiger partial charge in [-0.15, -0.1) is 0 Å². The van der Waals surface area contributed by atoms with Crippen LogP contribution in [0.2, 0.25) is 0 Å². The van der Waals surface area contributed by atoms with Crippen molar-refractivity contribution in [1.82, 2.24) is 4.98 Å². The van der Waals surface area contributed by atoms with E-state index in [1.165, 1.54) is 32.1 Å². The molecule has 1 aromatic rings. The largest absolute Gasteiger partial charge is 0.381 e. The second-order valence-corrected chi connectivity index (χ2v) is 5.39. The highest BCUT2D eigenvalue weighted by atomic mass is 79.9. The summed E-state index contributed by atoms with van der Waals surface area (Å²) in [6.07, 6.45) is 8.62. The minimum absolute atomic E-state index is 0.640. The van der Waals surface area contributed by atoms with Crippen LogP contribution in [-0.2, 0) is 0 Å². The third kappa shape index (κ3) is 2.97. The Labute approximate surface area is 106 Å². The van der Waals surface area contributed by atoms with Crippen LogP contribution in [0.1, 0.15) is 39.0 Å². The van der Waals surface area contributed by atoms with Crippen molar-refractivity contribution >= 4 is 21.6 Å². The third-order valence-corrected chi connectivity index (χ3v) is 3.98. The molecule has 1 N–H and O–H groups in total. The molecule has 1 aliphatic carbocycles. The molecular formula is C13H19BrN2. The minimum atomic E-state index is 0.640. The second kappa shape index (κ2) is 5.67. The zero-order chi connectivity index (χ0) is 11.4. The Kier molecular flexibility index (Phi) is 4.22. The highest BCUT2D eigenvalue weighted by Gasteiger charge is 2.23. The molecule has 2 rings (SSSR count). The summed E-state index contributed by atoms with van der Waals surface area (Å²) in [7, 11) is 0. The molecule has 2 nitrogen and oxygen atoms in total. The van der Waals surface area contributed by atoms with Crippen LogP contribution < -0.4 is 5.32 Å². The van der Waals surface area contributed by atoms with Gasteiger partial charge in [0.15, 0.2) is 0 Å². The molecule has 3 heteroatoms. The van der Waals surface area contributed by atoms with Gasteiger partial charge in [-0.2, -0.15) is 0 Å². The van der Waals surface area contributed by atoms with E-state index in [0.717, 1.165) is 16.2 Å². The Morgan fingerprint density at radius 3 is 2.88 bits per heavy atom. The van der Waals surface area contributed by atoms with E-state index in [1.54, 1.807) is 0 Å². The fraction of sp³-hybridized carbons (Fsp3) is 0.615. The lowest BCUT2D eigenvalue weighted by atomic mass is 9.83. The normalized spacial score (nSPS) is 25.4. The van der Waals surface area contributed by atoms with E-state index in [-0.39, 0.29) is 0 Å². The predicted octanol–water partition coefficient (Wildman–Crippen LogP) is 4.22. The Bertz CT molecular complexity index is 323. The highest BCUT2D eigenvalue weighted by molar-refractivity contribution is 9.10. The summed E-state index contributed by atoms with van der Waals surface area (Å²) in [4.78, 5) is 4.25. The van der Waals surface area contributed by atoms with Gasteiger partial charge in [0.2, 0.25) is 0 Å². The first-order valence-electron chi connectivity index (χ1n) is 6.17. The number of pyridine rings is 1. The maximum atomic E-state index is 4.25. The fourth-order valence-electron chi connectivity index (χ4n) is 2.56. The van der Waals surface area contributed by atoms with Crippen LogP contribution in [-0.4, -0.2) is 11.0 Å². The van der Waals surface area contributed by atoms with E-state index in [9.17, 15) is 0 Å². The number of halogens is 1. The Hall–Kier alpha value is -0.570. The van der Waals surface area contributed by atoms with Gasteiger partial charge in [0, 0.05) is 6.04 Å². The molecule has 0 aromatic carbocycles. The number of hydrogen-bond acceptors (Lipinski definition) is 2. The van der Waals surface area contributed by atoms with Crippen LogP contribution in [0.15, 0.2) is 22.9 Å². The molecule has 2 unspecified atom stereocenters. The number of anilines is 1. The molecule has 1 aromatic heterocycles. The first-order chi connectivity index (χ1) is 7.79. The zero-order valence-corrected chi connectivity index (χ0v) is 11.3. The lowest BCUT2D eigenvalue weighted by molar-refractivity contribution is 0.317. The van der Waals surface area contributed by atoms with Crippen molar-refractivity contribution in [2.75, 3.05) is 5.32 Å². The standard InChI is InChI=1S/C13H19BrN2/c1-2-10-5-3-4-6-12(10)16-11-7-8-13(14)15-9-11/h7-10,12,16H,2-6H2,1H3. The summed E-state index contributed by atoms with van der Waals surface area (Å²) in [6, 6.07) is 4.73. The van der Waals surface area contributed by atoms with Crippen LogP contribution in [0.4, 0.5) is 5.69 Å². The van der Waals surface area contributed by atoms with Crippen LogP contribution >= 0.6 is 15.9 Å². The molecule has 0 bridgehead atoms. The number of rotatable bonds is 3. The average Bonchev–Trinajstić information content (AvgIpc) is 2.33. The number of hydrogen-bond donors (Lipinski definition) is 1. The van der Waals surface area contributed by atoms with Gasteiger partial charge in [0.25, 0.3) is 0 Å². The molecule has 0 aliphatic heterocycles. The van der Waals surface area contributed by atoms with Crippen LogP contribution in [0.5, 0.6) is 0 Å². The molecule has 2 atom stereocenters. The molecule has 1 aliphatic rings. The SMILES string of the molecule is CCC1CCCCC1Nc1ccc(Br)nc1. The molecule has 0 amide bonds.